The monoisotopic (exact) mass is 654 g/mol. The van der Waals surface area contributed by atoms with E-state index in [1.165, 1.54) is 28.8 Å². The summed E-state index contributed by atoms with van der Waals surface area (Å²) in [5, 5.41) is 19.8. The molecule has 0 spiro atoms. The van der Waals surface area contributed by atoms with Crippen LogP contribution in [-0.4, -0.2) is 71.6 Å². The molecular weight excluding hydrogens is 623 g/mol. The van der Waals surface area contributed by atoms with Crippen molar-refractivity contribution in [3.63, 3.8) is 0 Å². The number of aliphatic carboxylic acids is 2. The number of carbonyl (C=O) groups is 3. The van der Waals surface area contributed by atoms with E-state index in [1.54, 1.807) is 48.7 Å². The third-order valence-electron chi connectivity index (χ3n) is 6.78. The Balaban J connectivity index is 0.000000707. The van der Waals surface area contributed by atoms with E-state index in [1.807, 2.05) is 6.07 Å². The summed E-state index contributed by atoms with van der Waals surface area (Å²) in [4.78, 5) is 35.6. The van der Waals surface area contributed by atoms with Crippen LogP contribution in [0.1, 0.15) is 28.8 Å². The predicted octanol–water partition coefficient (Wildman–Crippen LogP) is 6.09. The number of nitrogens with one attached hydrogen (secondary N) is 1. The lowest BCUT2D eigenvalue weighted by molar-refractivity contribution is -0.192. The minimum absolute atomic E-state index is 0.203. The number of hydrogen-bond donors (Lipinski definition) is 3. The number of thioether (sulfide) groups is 1. The van der Waals surface area contributed by atoms with Crippen LogP contribution in [0, 0.1) is 17.6 Å². The van der Waals surface area contributed by atoms with Crippen molar-refractivity contribution in [1.82, 2.24) is 10.2 Å². The Morgan fingerprint density at radius 3 is 2.18 bits per heavy atom. The quantitative estimate of drug-likeness (QED) is 0.178. The Labute approximate surface area is 260 Å². The smallest absolute Gasteiger partial charge is 0.489 e. The van der Waals surface area contributed by atoms with E-state index in [0.29, 0.717) is 28.3 Å². The van der Waals surface area contributed by atoms with Crippen LogP contribution in [0.5, 0.6) is 5.75 Å². The molecule has 1 amide bonds. The number of carboxylic acid groups (broad SMARTS) is 2. The summed E-state index contributed by atoms with van der Waals surface area (Å²) in [7, 11) is 0. The normalized spacial score (nSPS) is 13.4. The lowest BCUT2D eigenvalue weighted by atomic mass is 9.97. The van der Waals surface area contributed by atoms with Gasteiger partial charge >= 0.3 is 18.1 Å². The van der Waals surface area contributed by atoms with Gasteiger partial charge in [0.15, 0.2) is 11.6 Å². The predicted molar refractivity (Wildman–Crippen MR) is 157 cm³/mol. The molecule has 3 N–H and O–H groups in total. The summed E-state index contributed by atoms with van der Waals surface area (Å²) in [6, 6.07) is 16.5. The average molecular weight is 655 g/mol. The van der Waals surface area contributed by atoms with Crippen molar-refractivity contribution in [2.75, 3.05) is 32.4 Å². The topological polar surface area (TPSA) is 116 Å². The molecule has 4 rings (SSSR count). The van der Waals surface area contributed by atoms with Crippen molar-refractivity contribution >= 4 is 29.6 Å². The van der Waals surface area contributed by atoms with E-state index in [9.17, 15) is 36.6 Å². The van der Waals surface area contributed by atoms with E-state index < -0.39 is 29.7 Å². The summed E-state index contributed by atoms with van der Waals surface area (Å²) in [5.41, 5.74) is 2.52. The summed E-state index contributed by atoms with van der Waals surface area (Å²) >= 11 is 1.34. The molecule has 8 nitrogen and oxygen atoms in total. The Kier molecular flexibility index (Phi) is 12.7. The highest BCUT2D eigenvalue weighted by Gasteiger charge is 2.38. The molecule has 45 heavy (non-hydrogen) atoms. The zero-order valence-corrected chi connectivity index (χ0v) is 24.9. The van der Waals surface area contributed by atoms with Crippen LogP contribution in [0.3, 0.4) is 0 Å². The number of rotatable bonds is 10. The summed E-state index contributed by atoms with van der Waals surface area (Å²) in [5.74, 6) is -5.03. The number of carbonyl (C=O) groups excluding carboxylic acids is 1. The van der Waals surface area contributed by atoms with Crippen LogP contribution in [0.25, 0.3) is 11.1 Å². The first-order valence-corrected chi connectivity index (χ1v) is 14.9. The second-order valence-electron chi connectivity index (χ2n) is 10.1. The minimum Gasteiger partial charge on any atom is -0.489 e. The molecular formula is C31H31F5N2O6S. The molecule has 242 valence electrons. The molecule has 0 aromatic heterocycles. The fourth-order valence-electron chi connectivity index (χ4n) is 4.56. The molecule has 0 bridgehead atoms. The Hall–Kier alpha value is -4.17. The largest absolute Gasteiger partial charge is 0.490 e. The third kappa shape index (κ3) is 10.7. The van der Waals surface area contributed by atoms with E-state index in [4.69, 9.17) is 14.6 Å². The number of hydrogen-bond acceptors (Lipinski definition) is 6. The van der Waals surface area contributed by atoms with Gasteiger partial charge in [0.1, 0.15) is 18.9 Å². The molecule has 0 aliphatic carbocycles. The van der Waals surface area contributed by atoms with Gasteiger partial charge in [0.05, 0.1) is 0 Å². The maximum atomic E-state index is 13.8. The fourth-order valence-corrected chi connectivity index (χ4v) is 5.17. The number of nitrogens with zero attached hydrogens (tertiary/aromatic N) is 1. The van der Waals surface area contributed by atoms with Crippen LogP contribution in [-0.2, 0) is 16.2 Å². The van der Waals surface area contributed by atoms with Crippen molar-refractivity contribution < 1.29 is 51.3 Å². The minimum atomic E-state index is -5.08. The molecule has 3 aromatic rings. The van der Waals surface area contributed by atoms with Crippen molar-refractivity contribution in [2.45, 2.75) is 30.5 Å². The van der Waals surface area contributed by atoms with Gasteiger partial charge < -0.3 is 25.2 Å². The molecule has 1 heterocycles. The Morgan fingerprint density at radius 1 is 0.978 bits per heavy atom. The number of piperidine rings is 1. The van der Waals surface area contributed by atoms with Crippen LogP contribution < -0.4 is 10.1 Å². The molecule has 14 heteroatoms. The van der Waals surface area contributed by atoms with Crippen molar-refractivity contribution in [2.24, 2.45) is 5.92 Å². The first kappa shape index (κ1) is 35.3. The number of carboxylic acids is 2. The average Bonchev–Trinajstić information content (AvgIpc) is 3.01. The summed E-state index contributed by atoms with van der Waals surface area (Å²) < 4.78 is 65.1. The van der Waals surface area contributed by atoms with Crippen molar-refractivity contribution in [3.8, 4) is 16.9 Å². The highest BCUT2D eigenvalue weighted by atomic mass is 32.2. The zero-order valence-electron chi connectivity index (χ0n) is 24.1. The molecule has 0 unspecified atom stereocenters. The van der Waals surface area contributed by atoms with Crippen LogP contribution in [0.2, 0.25) is 0 Å². The molecule has 0 radical (unpaired) electrons. The molecule has 3 aromatic carbocycles. The maximum Gasteiger partial charge on any atom is 0.490 e. The molecule has 1 aliphatic heterocycles. The van der Waals surface area contributed by atoms with Crippen LogP contribution in [0.15, 0.2) is 65.6 Å². The molecule has 0 saturated carbocycles. The van der Waals surface area contributed by atoms with E-state index in [0.717, 1.165) is 37.1 Å². The number of alkyl halides is 3. The molecule has 1 saturated heterocycles. The number of benzene rings is 3. The van der Waals surface area contributed by atoms with Gasteiger partial charge in [-0.1, -0.05) is 24.3 Å². The molecule has 1 fully saturated rings. The number of ether oxygens (including phenoxy) is 1. The van der Waals surface area contributed by atoms with Crippen molar-refractivity contribution in [3.05, 3.63) is 83.4 Å². The van der Waals surface area contributed by atoms with Gasteiger partial charge in [-0.25, -0.2) is 13.6 Å². The van der Waals surface area contributed by atoms with E-state index in [-0.39, 0.29) is 25.0 Å². The van der Waals surface area contributed by atoms with Gasteiger partial charge in [-0.3, -0.25) is 9.59 Å². The Bertz CT molecular complexity index is 1480. The standard InChI is InChI=1S/C29H30F2N2O4S.C2HF3O2/c1-38-27-15-26(31)25(30)14-24(27)21-5-7-23(8-6-21)37-18-20-3-2-4-22(13-20)29(36)33(17-28(34)35)16-19-9-11-32-12-10-19;3-2(4,5)1(6)7/h2-8,13-15,19,32H,9-12,16-18H2,1H3,(H,34,35);(H,6,7). The molecule has 1 aliphatic rings. The van der Waals surface area contributed by atoms with Gasteiger partial charge in [-0.15, -0.1) is 11.8 Å². The van der Waals surface area contributed by atoms with Gasteiger partial charge in [0, 0.05) is 17.0 Å². The summed E-state index contributed by atoms with van der Waals surface area (Å²) in [6.45, 7) is 2.01. The van der Waals surface area contributed by atoms with Gasteiger partial charge in [-0.05, 0) is 91.2 Å². The SMILES string of the molecule is CSc1cc(F)c(F)cc1-c1ccc(OCc2cccc(C(=O)N(CC(=O)O)CC3CCNCC3)c2)cc1.O=C(O)C(F)(F)F. The second-order valence-corrected chi connectivity index (χ2v) is 10.9. The second kappa shape index (κ2) is 16.2. The maximum absolute atomic E-state index is 13.8. The van der Waals surface area contributed by atoms with Crippen LogP contribution >= 0.6 is 11.8 Å². The zero-order chi connectivity index (χ0) is 33.1. The highest BCUT2D eigenvalue weighted by Crippen LogP contribution is 2.33. The lowest BCUT2D eigenvalue weighted by Crippen LogP contribution is -2.41. The molecule has 0 atom stereocenters. The van der Waals surface area contributed by atoms with Gasteiger partial charge in [0.25, 0.3) is 5.91 Å². The first-order valence-electron chi connectivity index (χ1n) is 13.7. The number of amides is 1. The Morgan fingerprint density at radius 2 is 1.60 bits per heavy atom. The van der Waals surface area contributed by atoms with E-state index in [2.05, 4.69) is 5.32 Å². The van der Waals surface area contributed by atoms with E-state index >= 15 is 0 Å². The number of halogens is 5. The fraction of sp³-hybridized carbons (Fsp3) is 0.323. The van der Waals surface area contributed by atoms with Crippen LogP contribution in [0.4, 0.5) is 22.0 Å². The summed E-state index contributed by atoms with van der Waals surface area (Å²) in [6.07, 6.45) is -1.46. The van der Waals surface area contributed by atoms with Crippen molar-refractivity contribution in [1.29, 1.82) is 0 Å². The first-order chi connectivity index (χ1) is 21.3. The highest BCUT2D eigenvalue weighted by molar-refractivity contribution is 7.98. The third-order valence-corrected chi connectivity index (χ3v) is 7.56. The lowest BCUT2D eigenvalue weighted by Gasteiger charge is -2.29. The van der Waals surface area contributed by atoms with Gasteiger partial charge in [0.2, 0.25) is 0 Å². The van der Waals surface area contributed by atoms with Gasteiger partial charge in [-0.2, -0.15) is 13.2 Å².